The quantitative estimate of drug-likeness (QED) is 0.935. The van der Waals surface area contributed by atoms with Crippen LogP contribution in [0.25, 0.3) is 11.4 Å². The molecular formula is C11H15BrN6. The van der Waals surface area contributed by atoms with Gasteiger partial charge in [-0.05, 0) is 22.9 Å². The van der Waals surface area contributed by atoms with Crippen LogP contribution in [0.3, 0.4) is 0 Å². The first-order valence-corrected chi connectivity index (χ1v) is 6.62. The van der Waals surface area contributed by atoms with Gasteiger partial charge in [0, 0.05) is 26.1 Å². The molecule has 2 rings (SSSR count). The van der Waals surface area contributed by atoms with Crippen molar-refractivity contribution in [3.63, 3.8) is 0 Å². The van der Waals surface area contributed by atoms with Crippen molar-refractivity contribution >= 4 is 21.7 Å². The fourth-order valence-corrected chi connectivity index (χ4v) is 2.18. The third kappa shape index (κ3) is 2.50. The highest BCUT2D eigenvalue weighted by atomic mass is 79.9. The highest BCUT2D eigenvalue weighted by Gasteiger charge is 2.14. The Bertz CT molecular complexity index is 531. The minimum atomic E-state index is 0.688. The number of anilines is 1. The van der Waals surface area contributed by atoms with Gasteiger partial charge in [0.25, 0.3) is 0 Å². The summed E-state index contributed by atoms with van der Waals surface area (Å²) in [6, 6.07) is 1.91. The number of nitrogens with zero attached hydrogens (tertiary/aromatic N) is 5. The lowest BCUT2D eigenvalue weighted by atomic mass is 10.3. The van der Waals surface area contributed by atoms with E-state index in [1.807, 2.05) is 27.0 Å². The normalized spacial score (nSPS) is 10.7. The van der Waals surface area contributed by atoms with Crippen LogP contribution in [-0.2, 0) is 13.5 Å². The van der Waals surface area contributed by atoms with Crippen LogP contribution in [-0.4, -0.2) is 31.5 Å². The molecule has 2 aromatic rings. The van der Waals surface area contributed by atoms with Gasteiger partial charge in [0.2, 0.25) is 0 Å². The van der Waals surface area contributed by atoms with Crippen LogP contribution >= 0.6 is 15.9 Å². The Morgan fingerprint density at radius 2 is 2.11 bits per heavy atom. The van der Waals surface area contributed by atoms with Gasteiger partial charge >= 0.3 is 0 Å². The van der Waals surface area contributed by atoms with Gasteiger partial charge in [0.05, 0.1) is 5.69 Å². The summed E-state index contributed by atoms with van der Waals surface area (Å²) >= 11 is 3.39. The van der Waals surface area contributed by atoms with Gasteiger partial charge in [-0.2, -0.15) is 0 Å². The van der Waals surface area contributed by atoms with Crippen molar-refractivity contribution in [1.29, 1.82) is 0 Å². The summed E-state index contributed by atoms with van der Waals surface area (Å²) < 4.78 is 2.38. The zero-order valence-corrected chi connectivity index (χ0v) is 12.2. The first-order valence-electron chi connectivity index (χ1n) is 5.83. The molecule has 6 nitrogen and oxygen atoms in total. The standard InChI is InChI=1S/C11H15BrN6/c1-4-8-14-7(6-9(15-8)13-5-2)10-11(12)16-17-18(10)3/h6H,4-5H2,1-3H3,(H,13,14,15). The molecule has 1 N–H and O–H groups in total. The minimum Gasteiger partial charge on any atom is -0.370 e. The van der Waals surface area contributed by atoms with Crippen LogP contribution in [0.5, 0.6) is 0 Å². The van der Waals surface area contributed by atoms with E-state index >= 15 is 0 Å². The predicted molar refractivity (Wildman–Crippen MR) is 73.3 cm³/mol. The molecule has 2 heterocycles. The molecule has 7 heteroatoms. The van der Waals surface area contributed by atoms with E-state index in [1.54, 1.807) is 4.68 Å². The number of aromatic nitrogens is 5. The third-order valence-electron chi connectivity index (χ3n) is 2.47. The molecule has 0 saturated carbocycles. The lowest BCUT2D eigenvalue weighted by Gasteiger charge is -2.08. The predicted octanol–water partition coefficient (Wildman–Crippen LogP) is 2.03. The van der Waals surface area contributed by atoms with Gasteiger partial charge < -0.3 is 5.32 Å². The van der Waals surface area contributed by atoms with Crippen molar-refractivity contribution in [2.24, 2.45) is 7.05 Å². The van der Waals surface area contributed by atoms with Gasteiger partial charge in [-0.1, -0.05) is 12.1 Å². The SMILES string of the molecule is CCNc1cc(-c2c(Br)nnn2C)nc(CC)n1. The third-order valence-corrected chi connectivity index (χ3v) is 3.01. The van der Waals surface area contributed by atoms with Gasteiger partial charge in [0.15, 0.2) is 4.60 Å². The molecule has 0 aromatic carbocycles. The topological polar surface area (TPSA) is 68.5 Å². The number of rotatable bonds is 4. The molecule has 0 aliphatic carbocycles. The van der Waals surface area contributed by atoms with E-state index in [-0.39, 0.29) is 0 Å². The molecule has 0 atom stereocenters. The smallest absolute Gasteiger partial charge is 0.157 e. The van der Waals surface area contributed by atoms with Crippen LogP contribution in [0.1, 0.15) is 19.7 Å². The van der Waals surface area contributed by atoms with E-state index < -0.39 is 0 Å². The molecular weight excluding hydrogens is 296 g/mol. The maximum atomic E-state index is 4.52. The van der Waals surface area contributed by atoms with E-state index in [0.29, 0.717) is 4.60 Å². The van der Waals surface area contributed by atoms with Crippen molar-refractivity contribution in [2.75, 3.05) is 11.9 Å². The molecule has 2 aromatic heterocycles. The summed E-state index contributed by atoms with van der Waals surface area (Å²) in [5, 5.41) is 11.1. The summed E-state index contributed by atoms with van der Waals surface area (Å²) in [6.07, 6.45) is 0.787. The molecule has 0 fully saturated rings. The molecule has 0 spiro atoms. The van der Waals surface area contributed by atoms with Gasteiger partial charge in [0.1, 0.15) is 17.3 Å². The second-order valence-electron chi connectivity index (χ2n) is 3.79. The molecule has 0 aliphatic heterocycles. The number of hydrogen-bond acceptors (Lipinski definition) is 5. The monoisotopic (exact) mass is 310 g/mol. The highest BCUT2D eigenvalue weighted by molar-refractivity contribution is 9.10. The second kappa shape index (κ2) is 5.43. The van der Waals surface area contributed by atoms with Crippen molar-refractivity contribution in [1.82, 2.24) is 25.0 Å². The largest absolute Gasteiger partial charge is 0.370 e. The average Bonchev–Trinajstić information content (AvgIpc) is 2.69. The van der Waals surface area contributed by atoms with E-state index in [4.69, 9.17) is 0 Å². The summed E-state index contributed by atoms with van der Waals surface area (Å²) in [6.45, 7) is 4.89. The molecule has 0 amide bonds. The highest BCUT2D eigenvalue weighted by Crippen LogP contribution is 2.25. The van der Waals surface area contributed by atoms with Crippen LogP contribution in [0.2, 0.25) is 0 Å². The number of halogens is 1. The van der Waals surface area contributed by atoms with Crippen molar-refractivity contribution < 1.29 is 0 Å². The van der Waals surface area contributed by atoms with Crippen molar-refractivity contribution in [2.45, 2.75) is 20.3 Å². The Labute approximate surface area is 114 Å². The lowest BCUT2D eigenvalue weighted by Crippen LogP contribution is -2.05. The first-order chi connectivity index (χ1) is 8.65. The second-order valence-corrected chi connectivity index (χ2v) is 4.54. The van der Waals surface area contributed by atoms with Crippen LogP contribution in [0.15, 0.2) is 10.7 Å². The summed E-state index contributed by atoms with van der Waals surface area (Å²) in [4.78, 5) is 8.94. The number of hydrogen-bond donors (Lipinski definition) is 1. The Balaban J connectivity index is 2.53. The maximum absolute atomic E-state index is 4.52. The molecule has 0 bridgehead atoms. The molecule has 18 heavy (non-hydrogen) atoms. The maximum Gasteiger partial charge on any atom is 0.157 e. The average molecular weight is 311 g/mol. The van der Waals surface area contributed by atoms with E-state index in [0.717, 1.165) is 36.0 Å². The summed E-state index contributed by atoms with van der Waals surface area (Å²) in [5.74, 6) is 1.63. The van der Waals surface area contributed by atoms with E-state index in [2.05, 4.69) is 41.5 Å². The van der Waals surface area contributed by atoms with Gasteiger partial charge in [-0.25, -0.2) is 14.6 Å². The Morgan fingerprint density at radius 3 is 2.67 bits per heavy atom. The number of nitrogens with one attached hydrogen (secondary N) is 1. The first kappa shape index (κ1) is 12.9. The molecule has 0 aliphatic rings. The van der Waals surface area contributed by atoms with E-state index in [9.17, 15) is 0 Å². The minimum absolute atomic E-state index is 0.688. The molecule has 0 radical (unpaired) electrons. The Kier molecular flexibility index (Phi) is 3.90. The lowest BCUT2D eigenvalue weighted by molar-refractivity contribution is 0.717. The van der Waals surface area contributed by atoms with Crippen LogP contribution in [0, 0.1) is 0 Å². The zero-order valence-electron chi connectivity index (χ0n) is 10.6. The fourth-order valence-electron chi connectivity index (χ4n) is 1.65. The van der Waals surface area contributed by atoms with Crippen LogP contribution in [0.4, 0.5) is 5.82 Å². The Hall–Kier alpha value is -1.50. The molecule has 0 saturated heterocycles. The van der Waals surface area contributed by atoms with Crippen LogP contribution < -0.4 is 5.32 Å². The van der Waals surface area contributed by atoms with Gasteiger partial charge in [-0.15, -0.1) is 5.10 Å². The zero-order chi connectivity index (χ0) is 13.1. The van der Waals surface area contributed by atoms with Gasteiger partial charge in [-0.3, -0.25) is 0 Å². The van der Waals surface area contributed by atoms with E-state index in [1.165, 1.54) is 0 Å². The fraction of sp³-hybridized carbons (Fsp3) is 0.455. The summed E-state index contributed by atoms with van der Waals surface area (Å²) in [5.41, 5.74) is 1.67. The van der Waals surface area contributed by atoms with Crippen molar-refractivity contribution in [3.05, 3.63) is 16.5 Å². The van der Waals surface area contributed by atoms with Crippen molar-refractivity contribution in [3.8, 4) is 11.4 Å². The molecule has 96 valence electrons. The number of aryl methyl sites for hydroxylation is 2. The summed E-state index contributed by atoms with van der Waals surface area (Å²) in [7, 11) is 1.84. The Morgan fingerprint density at radius 1 is 1.33 bits per heavy atom. The molecule has 0 unspecified atom stereocenters.